The summed E-state index contributed by atoms with van der Waals surface area (Å²) in [7, 11) is 0. The zero-order chi connectivity index (χ0) is 10.5. The van der Waals surface area contributed by atoms with Crippen molar-refractivity contribution in [2.24, 2.45) is 5.73 Å². The van der Waals surface area contributed by atoms with Gasteiger partial charge in [-0.1, -0.05) is 6.92 Å². The average molecular weight is 203 g/mol. The van der Waals surface area contributed by atoms with E-state index in [1.165, 1.54) is 6.42 Å². The molecular weight excluding hydrogens is 178 g/mol. The molecule has 0 heterocycles. The van der Waals surface area contributed by atoms with E-state index in [9.17, 15) is 0 Å². The van der Waals surface area contributed by atoms with E-state index >= 15 is 0 Å². The lowest BCUT2D eigenvalue weighted by Crippen LogP contribution is -2.03. The molecule has 0 rings (SSSR count). The number of nitrogens with two attached hydrogens (primary N) is 1. The highest BCUT2D eigenvalue weighted by molar-refractivity contribution is 4.42. The lowest BCUT2D eigenvalue weighted by Gasteiger charge is -2.04. The van der Waals surface area contributed by atoms with Crippen molar-refractivity contribution in [1.29, 1.82) is 0 Å². The molecule has 3 heteroatoms. The Hall–Kier alpha value is -0.120. The third-order valence-electron chi connectivity index (χ3n) is 1.92. The van der Waals surface area contributed by atoms with Crippen LogP contribution in [0.2, 0.25) is 0 Å². The Balaban J connectivity index is 2.78. The van der Waals surface area contributed by atoms with E-state index < -0.39 is 0 Å². The maximum absolute atomic E-state index is 5.44. The van der Waals surface area contributed by atoms with Crippen LogP contribution in [0.15, 0.2) is 0 Å². The van der Waals surface area contributed by atoms with Gasteiger partial charge in [-0.2, -0.15) is 0 Å². The maximum atomic E-state index is 5.44. The number of hydrogen-bond acceptors (Lipinski definition) is 3. The Kier molecular flexibility index (Phi) is 12.8. The van der Waals surface area contributed by atoms with Gasteiger partial charge in [-0.25, -0.2) is 0 Å². The molecule has 0 unspecified atom stereocenters. The number of rotatable bonds is 11. The first-order valence-electron chi connectivity index (χ1n) is 5.77. The van der Waals surface area contributed by atoms with Crippen LogP contribution in [-0.4, -0.2) is 33.0 Å². The minimum absolute atomic E-state index is 0.796. The van der Waals surface area contributed by atoms with Gasteiger partial charge in [0.1, 0.15) is 0 Å². The predicted octanol–water partition coefficient (Wildman–Crippen LogP) is 1.95. The van der Waals surface area contributed by atoms with Crippen LogP contribution < -0.4 is 5.73 Å². The Morgan fingerprint density at radius 2 is 1.43 bits per heavy atom. The van der Waals surface area contributed by atoms with Crippen LogP contribution in [0, 0.1) is 0 Å². The lowest BCUT2D eigenvalue weighted by atomic mass is 10.2. The van der Waals surface area contributed by atoms with Gasteiger partial charge in [0.2, 0.25) is 0 Å². The Labute approximate surface area is 88.0 Å². The predicted molar refractivity (Wildman–Crippen MR) is 59.5 cm³/mol. The van der Waals surface area contributed by atoms with E-state index in [-0.39, 0.29) is 0 Å². The van der Waals surface area contributed by atoms with Crippen LogP contribution in [0.1, 0.15) is 39.0 Å². The molecule has 0 aromatic heterocycles. The summed E-state index contributed by atoms with van der Waals surface area (Å²) in [6.07, 6.45) is 5.54. The lowest BCUT2D eigenvalue weighted by molar-refractivity contribution is 0.0814. The Morgan fingerprint density at radius 1 is 0.786 bits per heavy atom. The summed E-state index contributed by atoms with van der Waals surface area (Å²) in [5.74, 6) is 0. The van der Waals surface area contributed by atoms with Crippen LogP contribution in [-0.2, 0) is 9.47 Å². The first-order valence-corrected chi connectivity index (χ1v) is 5.77. The van der Waals surface area contributed by atoms with Crippen LogP contribution in [0.3, 0.4) is 0 Å². The van der Waals surface area contributed by atoms with Gasteiger partial charge in [-0.05, 0) is 38.6 Å². The minimum Gasteiger partial charge on any atom is -0.381 e. The maximum Gasteiger partial charge on any atom is 0.0487 e. The van der Waals surface area contributed by atoms with Crippen molar-refractivity contribution in [3.63, 3.8) is 0 Å². The van der Waals surface area contributed by atoms with E-state index in [0.717, 1.165) is 58.7 Å². The molecule has 2 N–H and O–H groups in total. The molecule has 0 aliphatic rings. The number of hydrogen-bond donors (Lipinski definition) is 1. The largest absolute Gasteiger partial charge is 0.381 e. The molecule has 86 valence electrons. The molecule has 14 heavy (non-hydrogen) atoms. The molecule has 0 amide bonds. The molecule has 0 aromatic rings. The smallest absolute Gasteiger partial charge is 0.0487 e. The molecule has 0 aromatic carbocycles. The number of ether oxygens (including phenoxy) is 2. The van der Waals surface area contributed by atoms with Crippen LogP contribution >= 0.6 is 0 Å². The van der Waals surface area contributed by atoms with Crippen LogP contribution in [0.5, 0.6) is 0 Å². The van der Waals surface area contributed by atoms with E-state index in [4.69, 9.17) is 15.2 Å². The monoisotopic (exact) mass is 203 g/mol. The highest BCUT2D eigenvalue weighted by atomic mass is 16.5. The molecule has 0 radical (unpaired) electrons. The van der Waals surface area contributed by atoms with Gasteiger partial charge < -0.3 is 15.2 Å². The van der Waals surface area contributed by atoms with Crippen molar-refractivity contribution >= 4 is 0 Å². The van der Waals surface area contributed by atoms with Crippen molar-refractivity contribution in [1.82, 2.24) is 0 Å². The molecule has 0 bridgehead atoms. The molecule has 3 nitrogen and oxygen atoms in total. The molecule has 0 saturated heterocycles. The van der Waals surface area contributed by atoms with Gasteiger partial charge in [-0.15, -0.1) is 0 Å². The second-order valence-electron chi connectivity index (χ2n) is 3.43. The molecule has 0 aliphatic heterocycles. The Morgan fingerprint density at radius 3 is 2.07 bits per heavy atom. The quantitative estimate of drug-likeness (QED) is 0.522. The molecule has 0 atom stereocenters. The second-order valence-corrected chi connectivity index (χ2v) is 3.43. The van der Waals surface area contributed by atoms with Crippen molar-refractivity contribution in [2.75, 3.05) is 33.0 Å². The van der Waals surface area contributed by atoms with Crippen LogP contribution in [0.4, 0.5) is 0 Å². The molecular formula is C11H25NO2. The van der Waals surface area contributed by atoms with Crippen molar-refractivity contribution in [3.05, 3.63) is 0 Å². The molecule has 0 spiro atoms. The zero-order valence-electron chi connectivity index (χ0n) is 9.46. The summed E-state index contributed by atoms with van der Waals surface area (Å²) < 4.78 is 10.8. The van der Waals surface area contributed by atoms with E-state index in [1.807, 2.05) is 0 Å². The SMILES string of the molecule is CCCOCCCOCCCCCN. The topological polar surface area (TPSA) is 44.5 Å². The summed E-state index contributed by atoms with van der Waals surface area (Å²) in [4.78, 5) is 0. The third-order valence-corrected chi connectivity index (χ3v) is 1.92. The van der Waals surface area contributed by atoms with Crippen molar-refractivity contribution < 1.29 is 9.47 Å². The molecule has 0 aliphatic carbocycles. The fraction of sp³-hybridized carbons (Fsp3) is 1.00. The zero-order valence-corrected chi connectivity index (χ0v) is 9.46. The normalized spacial score (nSPS) is 10.7. The molecule has 0 saturated carbocycles. The summed E-state index contributed by atoms with van der Waals surface area (Å²) >= 11 is 0. The minimum atomic E-state index is 0.796. The second kappa shape index (κ2) is 12.9. The average Bonchev–Trinajstić information content (AvgIpc) is 2.21. The van der Waals surface area contributed by atoms with Gasteiger partial charge in [0.15, 0.2) is 0 Å². The first-order chi connectivity index (χ1) is 6.91. The standard InChI is InChI=1S/C11H25NO2/c1-2-8-13-10-6-11-14-9-5-3-4-7-12/h2-12H2,1H3. The Bertz CT molecular complexity index is 87.3. The van der Waals surface area contributed by atoms with E-state index in [2.05, 4.69) is 6.92 Å². The van der Waals surface area contributed by atoms with E-state index in [1.54, 1.807) is 0 Å². The summed E-state index contributed by atoms with van der Waals surface area (Å²) in [6, 6.07) is 0. The fourth-order valence-electron chi connectivity index (χ4n) is 1.14. The first kappa shape index (κ1) is 13.9. The van der Waals surface area contributed by atoms with Crippen molar-refractivity contribution in [2.45, 2.75) is 39.0 Å². The summed E-state index contributed by atoms with van der Waals surface area (Å²) in [5, 5.41) is 0. The van der Waals surface area contributed by atoms with Gasteiger partial charge >= 0.3 is 0 Å². The highest BCUT2D eigenvalue weighted by Gasteiger charge is 1.90. The number of unbranched alkanes of at least 4 members (excludes halogenated alkanes) is 2. The summed E-state index contributed by atoms with van der Waals surface area (Å²) in [5.41, 5.74) is 5.38. The van der Waals surface area contributed by atoms with Gasteiger partial charge in [0.25, 0.3) is 0 Å². The van der Waals surface area contributed by atoms with Gasteiger partial charge in [-0.3, -0.25) is 0 Å². The highest BCUT2D eigenvalue weighted by Crippen LogP contribution is 1.95. The van der Waals surface area contributed by atoms with E-state index in [0.29, 0.717) is 0 Å². The fourth-order valence-corrected chi connectivity index (χ4v) is 1.14. The third kappa shape index (κ3) is 11.9. The van der Waals surface area contributed by atoms with Crippen LogP contribution in [0.25, 0.3) is 0 Å². The van der Waals surface area contributed by atoms with Crippen molar-refractivity contribution in [3.8, 4) is 0 Å². The van der Waals surface area contributed by atoms with Gasteiger partial charge in [0, 0.05) is 26.4 Å². The molecule has 0 fully saturated rings. The summed E-state index contributed by atoms with van der Waals surface area (Å²) in [6.45, 7) is 6.31. The van der Waals surface area contributed by atoms with Gasteiger partial charge in [0.05, 0.1) is 0 Å².